The standard InChI is InChI=1S/C13H16ClN3O5S/c1-22-5-3-4-17(23(2,20)21)10-7-8(14)6-9-11(10)16-13(19)12(18)15-9/h6-7H,3-5H2,1-2H3,(H,15,18)(H,16,19). The fourth-order valence-corrected chi connectivity index (χ4v) is 3.36. The number of anilines is 1. The van der Waals surface area contributed by atoms with Gasteiger partial charge in [-0.1, -0.05) is 11.6 Å². The van der Waals surface area contributed by atoms with Crippen LogP contribution in [0.4, 0.5) is 5.69 Å². The number of aromatic nitrogens is 2. The van der Waals surface area contributed by atoms with E-state index in [2.05, 4.69) is 9.97 Å². The van der Waals surface area contributed by atoms with Gasteiger partial charge in [-0.2, -0.15) is 0 Å². The first kappa shape index (κ1) is 17.5. The summed E-state index contributed by atoms with van der Waals surface area (Å²) in [6.07, 6.45) is 1.50. The molecule has 2 rings (SSSR count). The highest BCUT2D eigenvalue weighted by atomic mass is 35.5. The minimum absolute atomic E-state index is 0.142. The van der Waals surface area contributed by atoms with Crippen LogP contribution in [0.3, 0.4) is 0 Å². The lowest BCUT2D eigenvalue weighted by atomic mass is 10.2. The fourth-order valence-electron chi connectivity index (χ4n) is 2.19. The van der Waals surface area contributed by atoms with E-state index < -0.39 is 21.1 Å². The summed E-state index contributed by atoms with van der Waals surface area (Å²) in [4.78, 5) is 27.8. The Balaban J connectivity index is 2.69. The number of sulfonamides is 1. The molecule has 23 heavy (non-hydrogen) atoms. The molecule has 0 fully saturated rings. The molecule has 0 bridgehead atoms. The van der Waals surface area contributed by atoms with Crippen molar-refractivity contribution in [2.24, 2.45) is 0 Å². The van der Waals surface area contributed by atoms with Crippen LogP contribution >= 0.6 is 11.6 Å². The third-order valence-corrected chi connectivity index (χ3v) is 4.55. The van der Waals surface area contributed by atoms with E-state index in [4.69, 9.17) is 16.3 Å². The van der Waals surface area contributed by atoms with E-state index in [1.54, 1.807) is 0 Å². The Morgan fingerprint density at radius 1 is 1.22 bits per heavy atom. The lowest BCUT2D eigenvalue weighted by Crippen LogP contribution is -2.33. The smallest absolute Gasteiger partial charge is 0.314 e. The highest BCUT2D eigenvalue weighted by molar-refractivity contribution is 7.92. The predicted molar refractivity (Wildman–Crippen MR) is 88.9 cm³/mol. The Hall–Kier alpha value is -1.84. The maximum absolute atomic E-state index is 12.1. The zero-order chi connectivity index (χ0) is 17.2. The van der Waals surface area contributed by atoms with Gasteiger partial charge in [0.25, 0.3) is 0 Å². The van der Waals surface area contributed by atoms with Gasteiger partial charge in [-0.3, -0.25) is 13.9 Å². The van der Waals surface area contributed by atoms with Gasteiger partial charge in [-0.25, -0.2) is 8.42 Å². The van der Waals surface area contributed by atoms with Crippen LogP contribution < -0.4 is 15.4 Å². The Bertz CT molecular complexity index is 935. The molecular formula is C13H16ClN3O5S. The number of fused-ring (bicyclic) bond motifs is 1. The zero-order valence-corrected chi connectivity index (χ0v) is 14.1. The van der Waals surface area contributed by atoms with Crippen LogP contribution in [-0.2, 0) is 14.8 Å². The predicted octanol–water partition coefficient (Wildman–Crippen LogP) is 0.672. The monoisotopic (exact) mass is 361 g/mol. The van der Waals surface area contributed by atoms with Crippen molar-refractivity contribution in [1.29, 1.82) is 0 Å². The molecule has 0 atom stereocenters. The van der Waals surface area contributed by atoms with Crippen LogP contribution in [0, 0.1) is 0 Å². The molecule has 8 nitrogen and oxygen atoms in total. The summed E-state index contributed by atoms with van der Waals surface area (Å²) >= 11 is 6.01. The summed E-state index contributed by atoms with van der Waals surface area (Å²) in [6.45, 7) is 0.515. The first-order valence-electron chi connectivity index (χ1n) is 6.66. The Kier molecular flexibility index (Phi) is 5.12. The minimum atomic E-state index is -3.62. The van der Waals surface area contributed by atoms with E-state index in [0.717, 1.165) is 10.6 Å². The molecule has 0 unspecified atom stereocenters. The van der Waals surface area contributed by atoms with Crippen molar-refractivity contribution >= 4 is 38.3 Å². The van der Waals surface area contributed by atoms with Gasteiger partial charge in [0.1, 0.15) is 0 Å². The molecule has 0 radical (unpaired) electrons. The molecule has 0 saturated carbocycles. The molecule has 0 saturated heterocycles. The molecule has 0 aliphatic carbocycles. The van der Waals surface area contributed by atoms with Crippen molar-refractivity contribution in [2.45, 2.75) is 6.42 Å². The Morgan fingerprint density at radius 2 is 1.87 bits per heavy atom. The van der Waals surface area contributed by atoms with Gasteiger partial charge in [0.2, 0.25) is 10.0 Å². The van der Waals surface area contributed by atoms with Crippen molar-refractivity contribution in [3.05, 3.63) is 37.9 Å². The van der Waals surface area contributed by atoms with Gasteiger partial charge in [0, 0.05) is 25.3 Å². The van der Waals surface area contributed by atoms with Crippen LogP contribution in [0.15, 0.2) is 21.7 Å². The Morgan fingerprint density at radius 3 is 2.48 bits per heavy atom. The quantitative estimate of drug-likeness (QED) is 0.580. The molecule has 0 amide bonds. The largest absolute Gasteiger partial charge is 0.385 e. The van der Waals surface area contributed by atoms with Crippen LogP contribution in [0.25, 0.3) is 11.0 Å². The number of nitrogens with zero attached hydrogens (tertiary/aromatic N) is 1. The van der Waals surface area contributed by atoms with E-state index in [9.17, 15) is 18.0 Å². The number of rotatable bonds is 6. The second-order valence-electron chi connectivity index (χ2n) is 4.94. The summed E-state index contributed by atoms with van der Waals surface area (Å²) in [5.41, 5.74) is -1.07. The van der Waals surface area contributed by atoms with Crippen LogP contribution in [0.5, 0.6) is 0 Å². The number of halogens is 1. The van der Waals surface area contributed by atoms with Gasteiger partial charge < -0.3 is 14.7 Å². The maximum atomic E-state index is 12.1. The summed E-state index contributed by atoms with van der Waals surface area (Å²) in [5.74, 6) is 0. The van der Waals surface area contributed by atoms with Gasteiger partial charge in [0.15, 0.2) is 0 Å². The van der Waals surface area contributed by atoms with Crippen LogP contribution in [-0.4, -0.2) is 44.9 Å². The molecular weight excluding hydrogens is 346 g/mol. The Labute approximate surface area is 137 Å². The molecule has 10 heteroatoms. The summed E-state index contributed by atoms with van der Waals surface area (Å²) < 4.78 is 30.3. The third kappa shape index (κ3) is 3.92. The average Bonchev–Trinajstić information content (AvgIpc) is 2.43. The minimum Gasteiger partial charge on any atom is -0.385 e. The van der Waals surface area contributed by atoms with E-state index in [-0.39, 0.29) is 28.3 Å². The maximum Gasteiger partial charge on any atom is 0.314 e. The number of benzene rings is 1. The zero-order valence-electron chi connectivity index (χ0n) is 12.6. The van der Waals surface area contributed by atoms with E-state index in [1.165, 1.54) is 19.2 Å². The number of methoxy groups -OCH3 is 1. The first-order chi connectivity index (χ1) is 10.7. The summed E-state index contributed by atoms with van der Waals surface area (Å²) in [6, 6.07) is 2.86. The van der Waals surface area contributed by atoms with Crippen molar-refractivity contribution in [3.63, 3.8) is 0 Å². The van der Waals surface area contributed by atoms with E-state index in [1.807, 2.05) is 0 Å². The van der Waals surface area contributed by atoms with E-state index >= 15 is 0 Å². The molecule has 0 aliphatic rings. The molecule has 1 heterocycles. The molecule has 1 aromatic carbocycles. The highest BCUT2D eigenvalue weighted by Gasteiger charge is 2.21. The molecule has 1 aromatic heterocycles. The van der Waals surface area contributed by atoms with Gasteiger partial charge in [0.05, 0.1) is 23.0 Å². The normalized spacial score (nSPS) is 11.8. The van der Waals surface area contributed by atoms with Gasteiger partial charge >= 0.3 is 11.1 Å². The highest BCUT2D eigenvalue weighted by Crippen LogP contribution is 2.29. The topological polar surface area (TPSA) is 112 Å². The molecule has 0 spiro atoms. The molecule has 2 aromatic rings. The summed E-state index contributed by atoms with van der Waals surface area (Å²) in [5, 5.41) is 0.232. The van der Waals surface area contributed by atoms with Gasteiger partial charge in [-0.05, 0) is 18.6 Å². The second kappa shape index (κ2) is 6.73. The van der Waals surface area contributed by atoms with Crippen molar-refractivity contribution < 1.29 is 13.2 Å². The number of hydrogen-bond donors (Lipinski definition) is 2. The van der Waals surface area contributed by atoms with Gasteiger partial charge in [-0.15, -0.1) is 0 Å². The second-order valence-corrected chi connectivity index (χ2v) is 7.28. The number of H-pyrrole nitrogens is 2. The lowest BCUT2D eigenvalue weighted by molar-refractivity contribution is 0.197. The molecule has 0 aliphatic heterocycles. The molecule has 2 N–H and O–H groups in total. The number of ether oxygens (including phenoxy) is 1. The SMILES string of the molecule is COCCCN(c1cc(Cl)cc2[nH]c(=O)c(=O)[nH]c12)S(C)(=O)=O. The number of nitrogens with one attached hydrogen (secondary N) is 2. The number of hydrogen-bond acceptors (Lipinski definition) is 5. The average molecular weight is 362 g/mol. The number of aromatic amines is 2. The third-order valence-electron chi connectivity index (χ3n) is 3.15. The molecule has 126 valence electrons. The van der Waals surface area contributed by atoms with Crippen molar-refractivity contribution in [2.75, 3.05) is 30.8 Å². The summed E-state index contributed by atoms with van der Waals surface area (Å²) in [7, 11) is -2.11. The van der Waals surface area contributed by atoms with E-state index in [0.29, 0.717) is 13.0 Å². The van der Waals surface area contributed by atoms with Crippen LogP contribution in [0.1, 0.15) is 6.42 Å². The van der Waals surface area contributed by atoms with Crippen LogP contribution in [0.2, 0.25) is 5.02 Å². The van der Waals surface area contributed by atoms with Crippen molar-refractivity contribution in [1.82, 2.24) is 9.97 Å². The first-order valence-corrected chi connectivity index (χ1v) is 8.89. The van der Waals surface area contributed by atoms with Crippen molar-refractivity contribution in [3.8, 4) is 0 Å². The lowest BCUT2D eigenvalue weighted by Gasteiger charge is -2.23. The fraction of sp³-hybridized carbons (Fsp3) is 0.385.